The molecule has 1 aliphatic rings. The van der Waals surface area contributed by atoms with E-state index in [4.69, 9.17) is 5.11 Å². The number of carbonyl (C=O) groups excluding carboxylic acids is 1. The predicted octanol–water partition coefficient (Wildman–Crippen LogP) is -1.25. The van der Waals surface area contributed by atoms with Gasteiger partial charge in [0.15, 0.2) is 6.33 Å². The minimum absolute atomic E-state index is 0.0621. The fraction of sp³-hybridized carbons (Fsp3) is 0.625. The normalized spacial score (nSPS) is 14.8. The Labute approximate surface area is 90.8 Å². The summed E-state index contributed by atoms with van der Waals surface area (Å²) < 4.78 is 0. The highest BCUT2D eigenvalue weighted by Gasteiger charge is 2.33. The second-order valence-corrected chi connectivity index (χ2v) is 3.61. The van der Waals surface area contributed by atoms with Gasteiger partial charge < -0.3 is 10.0 Å². The van der Waals surface area contributed by atoms with Crippen LogP contribution in [0.15, 0.2) is 6.33 Å². The Morgan fingerprint density at radius 1 is 1.50 bits per heavy atom. The number of carboxylic acids is 1. The number of amides is 1. The standard InChI is InChI=1S/C8H11N5O3/c14-7(3-13-10-5-9-11-13)12(4-8(15)16)6-1-2-6/h5-6H,1-4H2,(H,15,16). The zero-order valence-electron chi connectivity index (χ0n) is 8.48. The van der Waals surface area contributed by atoms with Gasteiger partial charge in [0.1, 0.15) is 13.1 Å². The van der Waals surface area contributed by atoms with Crippen LogP contribution in [0.1, 0.15) is 12.8 Å². The van der Waals surface area contributed by atoms with E-state index in [9.17, 15) is 9.59 Å². The number of aromatic nitrogens is 4. The van der Waals surface area contributed by atoms with Gasteiger partial charge in [-0.1, -0.05) is 0 Å². The molecule has 1 saturated carbocycles. The summed E-state index contributed by atoms with van der Waals surface area (Å²) in [4.78, 5) is 24.9. The van der Waals surface area contributed by atoms with E-state index in [1.807, 2.05) is 0 Å². The van der Waals surface area contributed by atoms with Crippen LogP contribution in [0.2, 0.25) is 0 Å². The van der Waals surface area contributed by atoms with Crippen molar-refractivity contribution in [2.45, 2.75) is 25.4 Å². The number of hydrogen-bond acceptors (Lipinski definition) is 5. The molecule has 0 aliphatic heterocycles. The van der Waals surface area contributed by atoms with Gasteiger partial charge in [0.25, 0.3) is 0 Å². The second kappa shape index (κ2) is 4.25. The largest absolute Gasteiger partial charge is 0.480 e. The highest BCUT2D eigenvalue weighted by atomic mass is 16.4. The Balaban J connectivity index is 1.97. The summed E-state index contributed by atoms with van der Waals surface area (Å²) in [6, 6.07) is 0.0621. The molecule has 16 heavy (non-hydrogen) atoms. The third kappa shape index (κ3) is 2.53. The number of nitrogens with zero attached hydrogens (tertiary/aromatic N) is 5. The molecule has 0 atom stereocenters. The van der Waals surface area contributed by atoms with Crippen molar-refractivity contribution in [3.05, 3.63) is 6.33 Å². The Kier molecular flexibility index (Phi) is 2.80. The summed E-state index contributed by atoms with van der Waals surface area (Å²) in [6.07, 6.45) is 2.96. The van der Waals surface area contributed by atoms with Gasteiger partial charge in [-0.2, -0.15) is 4.80 Å². The van der Waals surface area contributed by atoms with Crippen LogP contribution < -0.4 is 0 Å². The lowest BCUT2D eigenvalue weighted by Gasteiger charge is -2.19. The van der Waals surface area contributed by atoms with Gasteiger partial charge >= 0.3 is 5.97 Å². The van der Waals surface area contributed by atoms with Crippen molar-refractivity contribution >= 4 is 11.9 Å². The molecule has 1 heterocycles. The molecule has 2 rings (SSSR count). The quantitative estimate of drug-likeness (QED) is 0.671. The van der Waals surface area contributed by atoms with E-state index in [2.05, 4.69) is 15.4 Å². The SMILES string of the molecule is O=C(O)CN(C(=O)Cn1ncnn1)C1CC1. The van der Waals surface area contributed by atoms with Crippen molar-refractivity contribution in [2.24, 2.45) is 0 Å². The molecule has 0 unspecified atom stereocenters. The zero-order valence-corrected chi connectivity index (χ0v) is 8.48. The maximum absolute atomic E-state index is 11.8. The van der Waals surface area contributed by atoms with Crippen LogP contribution in [0.3, 0.4) is 0 Å². The maximum Gasteiger partial charge on any atom is 0.323 e. The lowest BCUT2D eigenvalue weighted by molar-refractivity contribution is -0.145. The summed E-state index contributed by atoms with van der Waals surface area (Å²) >= 11 is 0. The molecule has 1 N–H and O–H groups in total. The van der Waals surface area contributed by atoms with Crippen LogP contribution in [0.4, 0.5) is 0 Å². The van der Waals surface area contributed by atoms with E-state index < -0.39 is 5.97 Å². The fourth-order valence-corrected chi connectivity index (χ4v) is 1.43. The Morgan fingerprint density at radius 3 is 2.75 bits per heavy atom. The first kappa shape index (κ1) is 10.5. The molecule has 1 aromatic rings. The van der Waals surface area contributed by atoms with E-state index in [-0.39, 0.29) is 25.0 Å². The van der Waals surface area contributed by atoms with Crippen molar-refractivity contribution in [2.75, 3.05) is 6.54 Å². The summed E-state index contributed by atoms with van der Waals surface area (Å²) in [6.45, 7) is -0.331. The maximum atomic E-state index is 11.8. The third-order valence-corrected chi connectivity index (χ3v) is 2.28. The molecular weight excluding hydrogens is 214 g/mol. The first-order valence-electron chi connectivity index (χ1n) is 4.89. The number of carbonyl (C=O) groups is 2. The summed E-state index contributed by atoms with van der Waals surface area (Å²) in [5.41, 5.74) is 0. The lowest BCUT2D eigenvalue weighted by Crippen LogP contribution is -2.39. The highest BCUT2D eigenvalue weighted by Crippen LogP contribution is 2.26. The summed E-state index contributed by atoms with van der Waals surface area (Å²) in [5, 5.41) is 19.4. The molecule has 86 valence electrons. The Hall–Kier alpha value is -1.99. The second-order valence-electron chi connectivity index (χ2n) is 3.61. The van der Waals surface area contributed by atoms with Crippen molar-refractivity contribution in [1.82, 2.24) is 25.1 Å². The molecule has 0 bridgehead atoms. The number of carboxylic acid groups (broad SMARTS) is 1. The van der Waals surface area contributed by atoms with E-state index in [1.165, 1.54) is 11.2 Å². The van der Waals surface area contributed by atoms with E-state index in [0.29, 0.717) is 0 Å². The molecular formula is C8H11N5O3. The van der Waals surface area contributed by atoms with Gasteiger partial charge in [0.2, 0.25) is 5.91 Å². The first-order chi connectivity index (χ1) is 7.66. The van der Waals surface area contributed by atoms with Crippen molar-refractivity contribution in [3.8, 4) is 0 Å². The van der Waals surface area contributed by atoms with Crippen LogP contribution in [0, 0.1) is 0 Å². The monoisotopic (exact) mass is 225 g/mol. The molecule has 8 nitrogen and oxygen atoms in total. The van der Waals surface area contributed by atoms with Gasteiger partial charge in [-0.3, -0.25) is 9.59 Å². The molecule has 1 fully saturated rings. The van der Waals surface area contributed by atoms with Gasteiger partial charge in [0, 0.05) is 6.04 Å². The number of hydrogen-bond donors (Lipinski definition) is 1. The molecule has 0 aromatic carbocycles. The topological polar surface area (TPSA) is 101 Å². The van der Waals surface area contributed by atoms with Gasteiger partial charge in [0.05, 0.1) is 0 Å². The molecule has 1 aromatic heterocycles. The van der Waals surface area contributed by atoms with E-state index in [0.717, 1.165) is 17.6 Å². The number of rotatable bonds is 5. The molecule has 0 radical (unpaired) electrons. The Morgan fingerprint density at radius 2 is 2.25 bits per heavy atom. The van der Waals surface area contributed by atoms with Crippen molar-refractivity contribution in [3.63, 3.8) is 0 Å². The lowest BCUT2D eigenvalue weighted by atomic mass is 10.4. The summed E-state index contributed by atoms with van der Waals surface area (Å²) in [7, 11) is 0. The van der Waals surface area contributed by atoms with Crippen molar-refractivity contribution < 1.29 is 14.7 Å². The first-order valence-corrected chi connectivity index (χ1v) is 4.89. The third-order valence-electron chi connectivity index (χ3n) is 2.28. The molecule has 8 heteroatoms. The van der Waals surface area contributed by atoms with Crippen LogP contribution in [-0.2, 0) is 16.1 Å². The smallest absolute Gasteiger partial charge is 0.323 e. The predicted molar refractivity (Wildman–Crippen MR) is 50.2 cm³/mol. The van der Waals surface area contributed by atoms with Crippen LogP contribution in [-0.4, -0.2) is 54.7 Å². The number of aliphatic carboxylic acids is 1. The van der Waals surface area contributed by atoms with Crippen LogP contribution in [0.25, 0.3) is 0 Å². The average molecular weight is 225 g/mol. The van der Waals surface area contributed by atoms with Gasteiger partial charge in [-0.15, -0.1) is 10.2 Å². The highest BCUT2D eigenvalue weighted by molar-refractivity contribution is 5.81. The zero-order chi connectivity index (χ0) is 11.5. The molecule has 0 saturated heterocycles. The van der Waals surface area contributed by atoms with E-state index >= 15 is 0 Å². The molecule has 1 amide bonds. The Bertz CT molecular complexity index is 386. The fourth-order valence-electron chi connectivity index (χ4n) is 1.43. The van der Waals surface area contributed by atoms with Gasteiger partial charge in [-0.25, -0.2) is 0 Å². The number of tetrazole rings is 1. The minimum Gasteiger partial charge on any atom is -0.480 e. The molecule has 0 spiro atoms. The van der Waals surface area contributed by atoms with Crippen LogP contribution >= 0.6 is 0 Å². The van der Waals surface area contributed by atoms with Crippen LogP contribution in [0.5, 0.6) is 0 Å². The van der Waals surface area contributed by atoms with E-state index in [1.54, 1.807) is 0 Å². The van der Waals surface area contributed by atoms with Crippen molar-refractivity contribution in [1.29, 1.82) is 0 Å². The minimum atomic E-state index is -1.01. The van der Waals surface area contributed by atoms with Gasteiger partial charge in [-0.05, 0) is 18.1 Å². The summed E-state index contributed by atoms with van der Waals surface area (Å²) in [5.74, 6) is -1.30. The molecule has 1 aliphatic carbocycles. The average Bonchev–Trinajstić information content (AvgIpc) is 2.94.